The molecule has 0 bridgehead atoms. The van der Waals surface area contributed by atoms with E-state index in [0.717, 1.165) is 11.1 Å². The zero-order valence-corrected chi connectivity index (χ0v) is 21.5. The van der Waals surface area contributed by atoms with E-state index in [1.54, 1.807) is 31.3 Å². The highest BCUT2D eigenvalue weighted by Crippen LogP contribution is 2.35. The van der Waals surface area contributed by atoms with Crippen LogP contribution in [0.2, 0.25) is 0 Å². The molecule has 0 radical (unpaired) electrons. The van der Waals surface area contributed by atoms with Crippen molar-refractivity contribution in [1.29, 1.82) is 0 Å². The van der Waals surface area contributed by atoms with Gasteiger partial charge in [-0.3, -0.25) is 0 Å². The molecule has 0 saturated carbocycles. The summed E-state index contributed by atoms with van der Waals surface area (Å²) >= 11 is 0. The van der Waals surface area contributed by atoms with Crippen LogP contribution in [-0.2, 0) is 20.1 Å². The highest BCUT2D eigenvalue weighted by atomic mass is 19.1. The van der Waals surface area contributed by atoms with E-state index < -0.39 is 11.8 Å². The molecule has 0 spiro atoms. The van der Waals surface area contributed by atoms with Gasteiger partial charge in [-0.1, -0.05) is 66.7 Å². The van der Waals surface area contributed by atoms with E-state index in [2.05, 4.69) is 30.3 Å². The summed E-state index contributed by atoms with van der Waals surface area (Å²) in [4.78, 5) is 23.4. The maximum absolute atomic E-state index is 15.8. The first kappa shape index (κ1) is 24.9. The van der Waals surface area contributed by atoms with E-state index in [1.807, 2.05) is 60.7 Å². The number of nitrogens with one attached hydrogen (secondary N) is 1. The Morgan fingerprint density at radius 1 is 0.950 bits per heavy atom. The molecule has 10 heteroatoms. The van der Waals surface area contributed by atoms with Crippen LogP contribution in [0.5, 0.6) is 0 Å². The van der Waals surface area contributed by atoms with Crippen molar-refractivity contribution in [2.75, 3.05) is 4.90 Å². The number of hydrogen-bond donors (Lipinski definition) is 2. The number of carboxylic acid groups (broad SMARTS) is 1. The summed E-state index contributed by atoms with van der Waals surface area (Å²) in [5.74, 6) is -0.946. The Kier molecular flexibility index (Phi) is 6.49. The number of tetrazole rings is 1. The van der Waals surface area contributed by atoms with Crippen molar-refractivity contribution in [2.24, 2.45) is 7.05 Å². The quantitative estimate of drug-likeness (QED) is 0.267. The first-order valence-electron chi connectivity index (χ1n) is 12.6. The lowest BCUT2D eigenvalue weighted by Crippen LogP contribution is -2.23. The van der Waals surface area contributed by atoms with Gasteiger partial charge >= 0.3 is 5.97 Å². The molecule has 0 fully saturated rings. The molecule has 6 aromatic rings. The number of anilines is 1. The maximum Gasteiger partial charge on any atom is 0.337 e. The van der Waals surface area contributed by atoms with Crippen molar-refractivity contribution in [3.8, 4) is 22.6 Å². The SMILES string of the molecule is Cn1nnc(-c2cccc(-c3cc4c(C(=O)O)cnc(N(Cc5ccccc5)Cc5ccccc5)c4[nH]3)c2F)n1. The number of aromatic amines is 1. The van der Waals surface area contributed by atoms with Gasteiger partial charge in [0.2, 0.25) is 5.82 Å². The minimum absolute atomic E-state index is 0.0211. The van der Waals surface area contributed by atoms with Gasteiger partial charge in [0.05, 0.1) is 23.7 Å². The standard InChI is InChI=1S/C30H24FN7O2/c1-37-35-28(34-36-37)22-14-8-13-21(26(22)31)25-15-23-24(30(39)40)16-32-29(27(23)33-25)38(17-19-9-4-2-5-10-19)18-20-11-6-3-7-12-20/h2-16,33H,17-18H2,1H3,(H,39,40). The fourth-order valence-electron chi connectivity index (χ4n) is 4.78. The summed E-state index contributed by atoms with van der Waals surface area (Å²) in [5.41, 5.74) is 3.51. The molecular formula is C30H24FN7O2. The number of benzene rings is 3. The monoisotopic (exact) mass is 533 g/mol. The number of halogens is 1. The molecule has 3 aromatic heterocycles. The van der Waals surface area contributed by atoms with Gasteiger partial charge in [0.1, 0.15) is 5.82 Å². The summed E-state index contributed by atoms with van der Waals surface area (Å²) in [6.07, 6.45) is 1.36. The second kappa shape index (κ2) is 10.4. The molecule has 0 aliphatic heterocycles. The first-order valence-corrected chi connectivity index (χ1v) is 12.6. The zero-order valence-electron chi connectivity index (χ0n) is 21.5. The van der Waals surface area contributed by atoms with E-state index in [-0.39, 0.29) is 22.5 Å². The van der Waals surface area contributed by atoms with Crippen molar-refractivity contribution in [1.82, 2.24) is 30.2 Å². The number of pyridine rings is 1. The summed E-state index contributed by atoms with van der Waals surface area (Å²) in [6.45, 7) is 1.06. The number of H-pyrrole nitrogens is 1. The number of nitrogens with zero attached hydrogens (tertiary/aromatic N) is 6. The van der Waals surface area contributed by atoms with Crippen LogP contribution in [0.25, 0.3) is 33.5 Å². The molecule has 0 unspecified atom stereocenters. The van der Waals surface area contributed by atoms with Gasteiger partial charge in [-0.05, 0) is 34.5 Å². The second-order valence-corrected chi connectivity index (χ2v) is 9.37. The van der Waals surface area contributed by atoms with Gasteiger partial charge in [-0.2, -0.15) is 4.80 Å². The van der Waals surface area contributed by atoms with Crippen LogP contribution in [0.1, 0.15) is 21.5 Å². The normalized spacial score (nSPS) is 11.2. The zero-order chi connectivity index (χ0) is 27.6. The van der Waals surface area contributed by atoms with Crippen LogP contribution >= 0.6 is 0 Å². The van der Waals surface area contributed by atoms with Crippen LogP contribution in [0.4, 0.5) is 10.2 Å². The largest absolute Gasteiger partial charge is 0.478 e. The number of rotatable bonds is 8. The molecule has 0 atom stereocenters. The molecule has 40 heavy (non-hydrogen) atoms. The molecule has 6 rings (SSSR count). The number of aromatic nitrogens is 6. The lowest BCUT2D eigenvalue weighted by molar-refractivity contribution is 0.0698. The van der Waals surface area contributed by atoms with Crippen molar-refractivity contribution < 1.29 is 14.3 Å². The molecule has 2 N–H and O–H groups in total. The van der Waals surface area contributed by atoms with E-state index in [9.17, 15) is 9.90 Å². The van der Waals surface area contributed by atoms with Crippen LogP contribution in [0.15, 0.2) is 91.1 Å². The fraction of sp³-hybridized carbons (Fsp3) is 0.100. The Balaban J connectivity index is 1.50. The van der Waals surface area contributed by atoms with Gasteiger partial charge < -0.3 is 15.0 Å². The number of carboxylic acids is 1. The van der Waals surface area contributed by atoms with Crippen molar-refractivity contribution >= 4 is 22.7 Å². The predicted octanol–water partition coefficient (Wildman–Crippen LogP) is 5.46. The predicted molar refractivity (Wildman–Crippen MR) is 149 cm³/mol. The lowest BCUT2D eigenvalue weighted by Gasteiger charge is -2.25. The molecule has 3 aromatic carbocycles. The van der Waals surface area contributed by atoms with Crippen molar-refractivity contribution in [3.05, 3.63) is 114 Å². The average molecular weight is 534 g/mol. The molecule has 9 nitrogen and oxygen atoms in total. The summed E-state index contributed by atoms with van der Waals surface area (Å²) in [6, 6.07) is 26.5. The Morgan fingerprint density at radius 3 is 2.20 bits per heavy atom. The van der Waals surface area contributed by atoms with E-state index in [0.29, 0.717) is 35.5 Å². The molecular weight excluding hydrogens is 509 g/mol. The number of hydrogen-bond acceptors (Lipinski definition) is 6. The van der Waals surface area contributed by atoms with Gasteiger partial charge in [-0.25, -0.2) is 14.2 Å². The number of carbonyl (C=O) groups is 1. The maximum atomic E-state index is 15.8. The highest BCUT2D eigenvalue weighted by Gasteiger charge is 2.23. The van der Waals surface area contributed by atoms with E-state index in [4.69, 9.17) is 0 Å². The fourth-order valence-corrected chi connectivity index (χ4v) is 4.78. The summed E-state index contributed by atoms with van der Waals surface area (Å²) in [5, 5.41) is 22.2. The number of aryl methyl sites for hydroxylation is 1. The van der Waals surface area contributed by atoms with Crippen LogP contribution in [0, 0.1) is 5.82 Å². The third kappa shape index (κ3) is 4.78. The molecule has 3 heterocycles. The Labute approximate surface area is 228 Å². The molecule has 0 saturated heterocycles. The van der Waals surface area contributed by atoms with Crippen molar-refractivity contribution in [2.45, 2.75) is 13.1 Å². The second-order valence-electron chi connectivity index (χ2n) is 9.37. The Hall–Kier alpha value is -5.38. The van der Waals surface area contributed by atoms with Crippen LogP contribution < -0.4 is 4.90 Å². The van der Waals surface area contributed by atoms with Crippen molar-refractivity contribution in [3.63, 3.8) is 0 Å². The Bertz CT molecular complexity index is 1780. The number of fused-ring (bicyclic) bond motifs is 1. The third-order valence-corrected chi connectivity index (χ3v) is 6.65. The molecule has 0 aliphatic carbocycles. The average Bonchev–Trinajstić information content (AvgIpc) is 3.60. The minimum atomic E-state index is -1.12. The van der Waals surface area contributed by atoms with Crippen LogP contribution in [0.3, 0.4) is 0 Å². The topological polar surface area (TPSA) is 113 Å². The number of aromatic carboxylic acids is 1. The van der Waals surface area contributed by atoms with Gasteiger partial charge in [0.15, 0.2) is 5.82 Å². The highest BCUT2D eigenvalue weighted by molar-refractivity contribution is 6.07. The third-order valence-electron chi connectivity index (χ3n) is 6.65. The van der Waals surface area contributed by atoms with Crippen LogP contribution in [-0.4, -0.2) is 41.3 Å². The summed E-state index contributed by atoms with van der Waals surface area (Å²) < 4.78 is 15.8. The van der Waals surface area contributed by atoms with E-state index in [1.165, 1.54) is 11.0 Å². The van der Waals surface area contributed by atoms with Gasteiger partial charge in [0.25, 0.3) is 0 Å². The first-order chi connectivity index (χ1) is 19.5. The smallest absolute Gasteiger partial charge is 0.337 e. The summed E-state index contributed by atoms with van der Waals surface area (Å²) in [7, 11) is 1.61. The lowest BCUT2D eigenvalue weighted by atomic mass is 10.1. The molecule has 0 amide bonds. The minimum Gasteiger partial charge on any atom is -0.478 e. The van der Waals surface area contributed by atoms with E-state index >= 15 is 4.39 Å². The molecule has 0 aliphatic rings. The van der Waals surface area contributed by atoms with Gasteiger partial charge in [0, 0.05) is 35.9 Å². The Morgan fingerprint density at radius 2 is 1.60 bits per heavy atom. The molecule has 198 valence electrons. The van der Waals surface area contributed by atoms with Gasteiger partial charge in [-0.15, -0.1) is 10.2 Å².